The number of rotatable bonds is 0. The summed E-state index contributed by atoms with van der Waals surface area (Å²) in [5.74, 6) is -1.95. The van der Waals surface area contributed by atoms with Crippen LogP contribution in [0.1, 0.15) is 11.1 Å². The van der Waals surface area contributed by atoms with Crippen molar-refractivity contribution in [2.75, 3.05) is 0 Å². The van der Waals surface area contributed by atoms with Gasteiger partial charge in [0, 0.05) is 0 Å². The van der Waals surface area contributed by atoms with Gasteiger partial charge in [0.1, 0.15) is 5.75 Å². The van der Waals surface area contributed by atoms with Crippen LogP contribution in [0.15, 0.2) is 42.5 Å². The number of halogens is 7. The Labute approximate surface area is 125 Å². The highest BCUT2D eigenvalue weighted by Gasteiger charge is 2.36. The van der Waals surface area contributed by atoms with Crippen molar-refractivity contribution < 1.29 is 40.9 Å². The molecule has 126 valence electrons. The number of phenolic OH excluding ortho intramolecular Hbond substituents is 2. The van der Waals surface area contributed by atoms with Crippen LogP contribution < -0.4 is 0 Å². The minimum absolute atomic E-state index is 0.0558. The van der Waals surface area contributed by atoms with E-state index in [9.17, 15) is 30.7 Å². The molecule has 9 heteroatoms. The molecule has 0 bridgehead atoms. The fraction of sp³-hybridized carbons (Fsp3) is 0.143. The second-order valence-corrected chi connectivity index (χ2v) is 4.22. The van der Waals surface area contributed by atoms with E-state index in [1.54, 1.807) is 6.07 Å². The molecular weight excluding hydrogens is 333 g/mol. The van der Waals surface area contributed by atoms with Gasteiger partial charge in [-0.1, -0.05) is 12.1 Å². The molecule has 0 fully saturated rings. The topological polar surface area (TPSA) is 40.5 Å². The molecular formula is C14H9F7O2. The number of hydrogen-bond donors (Lipinski definition) is 2. The maximum absolute atomic E-state index is 12.1. The lowest BCUT2D eigenvalue weighted by Crippen LogP contribution is -2.10. The van der Waals surface area contributed by atoms with Gasteiger partial charge >= 0.3 is 12.4 Å². The molecule has 0 unspecified atom stereocenters. The quantitative estimate of drug-likeness (QED) is 0.664. The lowest BCUT2D eigenvalue weighted by Gasteiger charge is -2.11. The van der Waals surface area contributed by atoms with Crippen molar-refractivity contribution in [3.05, 3.63) is 59.4 Å². The Kier molecular flexibility index (Phi) is 5.46. The van der Waals surface area contributed by atoms with Crippen LogP contribution in [0.25, 0.3) is 0 Å². The zero-order chi connectivity index (χ0) is 17.8. The lowest BCUT2D eigenvalue weighted by molar-refractivity contribution is -0.143. The molecule has 2 aromatic rings. The average molecular weight is 342 g/mol. The Morgan fingerprint density at radius 1 is 0.696 bits per heavy atom. The maximum atomic E-state index is 12.1. The Hall–Kier alpha value is -2.45. The second-order valence-electron chi connectivity index (χ2n) is 4.22. The number of alkyl halides is 6. The van der Waals surface area contributed by atoms with Crippen LogP contribution in [0, 0.1) is 5.82 Å². The zero-order valence-electron chi connectivity index (χ0n) is 11.1. The summed E-state index contributed by atoms with van der Waals surface area (Å²) < 4.78 is 84.4. The summed E-state index contributed by atoms with van der Waals surface area (Å²) in [6.07, 6.45) is -9.84. The van der Waals surface area contributed by atoms with Crippen molar-refractivity contribution in [2.24, 2.45) is 0 Å². The van der Waals surface area contributed by atoms with Crippen molar-refractivity contribution >= 4 is 0 Å². The molecule has 2 N–H and O–H groups in total. The smallest absolute Gasteiger partial charge is 0.416 e. The molecule has 0 aliphatic heterocycles. The molecule has 0 saturated heterocycles. The third-order valence-corrected chi connectivity index (χ3v) is 2.42. The van der Waals surface area contributed by atoms with Crippen molar-refractivity contribution in [1.29, 1.82) is 0 Å². The first-order valence-corrected chi connectivity index (χ1v) is 5.83. The van der Waals surface area contributed by atoms with E-state index in [-0.39, 0.29) is 23.9 Å². The predicted octanol–water partition coefficient (Wildman–Crippen LogP) is 4.96. The van der Waals surface area contributed by atoms with Gasteiger partial charge in [0.15, 0.2) is 11.6 Å². The standard InChI is InChI=1S/C8H4F6O.C6H5FO/c9-7(10,11)4-1-5(8(12,13)14)3-6(15)2-4;7-5-3-1-2-4-6(5)8/h1-3,15H;1-4,8H. The van der Waals surface area contributed by atoms with Gasteiger partial charge in [0.05, 0.1) is 11.1 Å². The van der Waals surface area contributed by atoms with Crippen LogP contribution in [0.2, 0.25) is 0 Å². The van der Waals surface area contributed by atoms with Gasteiger partial charge in [-0.2, -0.15) is 26.3 Å². The summed E-state index contributed by atoms with van der Waals surface area (Å²) in [7, 11) is 0. The molecule has 0 heterocycles. The maximum Gasteiger partial charge on any atom is 0.416 e. The summed E-state index contributed by atoms with van der Waals surface area (Å²) in [5, 5.41) is 17.3. The van der Waals surface area contributed by atoms with E-state index in [0.29, 0.717) is 0 Å². The number of para-hydroxylation sites is 1. The SMILES string of the molecule is Oc1cc(C(F)(F)F)cc(C(F)(F)F)c1.Oc1ccccc1F. The summed E-state index contributed by atoms with van der Waals surface area (Å²) >= 11 is 0. The molecule has 2 rings (SSSR count). The highest BCUT2D eigenvalue weighted by molar-refractivity contribution is 5.36. The first-order valence-electron chi connectivity index (χ1n) is 5.83. The largest absolute Gasteiger partial charge is 0.508 e. The van der Waals surface area contributed by atoms with Gasteiger partial charge < -0.3 is 10.2 Å². The third kappa shape index (κ3) is 5.68. The molecule has 0 amide bonds. The van der Waals surface area contributed by atoms with Gasteiger partial charge in [-0.3, -0.25) is 0 Å². The fourth-order valence-corrected chi connectivity index (χ4v) is 1.39. The molecule has 0 aliphatic carbocycles. The van der Waals surface area contributed by atoms with E-state index in [0.717, 1.165) is 0 Å². The van der Waals surface area contributed by atoms with Crippen molar-refractivity contribution in [3.63, 3.8) is 0 Å². The van der Waals surface area contributed by atoms with Crippen LogP contribution in [0.5, 0.6) is 11.5 Å². The lowest BCUT2D eigenvalue weighted by atomic mass is 10.1. The van der Waals surface area contributed by atoms with Crippen LogP contribution in [-0.4, -0.2) is 10.2 Å². The molecule has 0 aliphatic rings. The number of aromatic hydroxyl groups is 2. The van der Waals surface area contributed by atoms with E-state index < -0.39 is 35.0 Å². The van der Waals surface area contributed by atoms with Gasteiger partial charge in [-0.15, -0.1) is 0 Å². The van der Waals surface area contributed by atoms with Crippen LogP contribution >= 0.6 is 0 Å². The van der Waals surface area contributed by atoms with Crippen molar-refractivity contribution in [3.8, 4) is 11.5 Å². The fourth-order valence-electron chi connectivity index (χ4n) is 1.39. The third-order valence-electron chi connectivity index (χ3n) is 2.42. The molecule has 0 radical (unpaired) electrons. The number of phenols is 2. The van der Waals surface area contributed by atoms with E-state index in [1.807, 2.05) is 0 Å². The van der Waals surface area contributed by atoms with Gasteiger partial charge in [-0.05, 0) is 30.3 Å². The molecule has 0 saturated carbocycles. The second kappa shape index (κ2) is 6.76. The summed E-state index contributed by atoms with van der Waals surface area (Å²) in [4.78, 5) is 0. The van der Waals surface area contributed by atoms with Crippen molar-refractivity contribution in [2.45, 2.75) is 12.4 Å². The van der Waals surface area contributed by atoms with E-state index in [1.165, 1.54) is 18.2 Å². The van der Waals surface area contributed by atoms with E-state index in [2.05, 4.69) is 0 Å². The minimum Gasteiger partial charge on any atom is -0.508 e. The summed E-state index contributed by atoms with van der Waals surface area (Å²) in [6.45, 7) is 0. The van der Waals surface area contributed by atoms with Crippen LogP contribution in [0.4, 0.5) is 30.7 Å². The molecule has 0 aromatic heterocycles. The minimum atomic E-state index is -4.92. The normalized spacial score (nSPS) is 11.6. The van der Waals surface area contributed by atoms with Crippen LogP contribution in [-0.2, 0) is 12.4 Å². The number of hydrogen-bond acceptors (Lipinski definition) is 2. The monoisotopic (exact) mass is 342 g/mol. The highest BCUT2D eigenvalue weighted by atomic mass is 19.4. The van der Waals surface area contributed by atoms with E-state index >= 15 is 0 Å². The van der Waals surface area contributed by atoms with E-state index in [4.69, 9.17) is 10.2 Å². The Bertz CT molecular complexity index is 610. The first-order chi connectivity index (χ1) is 10.4. The number of benzene rings is 2. The summed E-state index contributed by atoms with van der Waals surface area (Å²) in [6, 6.07) is 6.00. The van der Waals surface area contributed by atoms with Gasteiger partial charge in [0.25, 0.3) is 0 Å². The molecule has 0 spiro atoms. The van der Waals surface area contributed by atoms with Gasteiger partial charge in [0.2, 0.25) is 0 Å². The first kappa shape index (κ1) is 18.6. The highest BCUT2D eigenvalue weighted by Crippen LogP contribution is 2.37. The van der Waals surface area contributed by atoms with Gasteiger partial charge in [-0.25, -0.2) is 4.39 Å². The zero-order valence-corrected chi connectivity index (χ0v) is 11.1. The average Bonchev–Trinajstić information content (AvgIpc) is 2.40. The molecule has 2 nitrogen and oxygen atoms in total. The Balaban J connectivity index is 0.000000277. The Morgan fingerprint density at radius 3 is 1.43 bits per heavy atom. The molecule has 2 aromatic carbocycles. The predicted molar refractivity (Wildman–Crippen MR) is 66.2 cm³/mol. The molecule has 23 heavy (non-hydrogen) atoms. The Morgan fingerprint density at radius 2 is 1.13 bits per heavy atom. The summed E-state index contributed by atoms with van der Waals surface area (Å²) in [5.41, 5.74) is -3.07. The van der Waals surface area contributed by atoms with Crippen LogP contribution in [0.3, 0.4) is 0 Å². The van der Waals surface area contributed by atoms with Crippen molar-refractivity contribution in [1.82, 2.24) is 0 Å². The molecule has 0 atom stereocenters.